The van der Waals surface area contributed by atoms with E-state index < -0.39 is 0 Å². The monoisotopic (exact) mass is 248 g/mol. The lowest BCUT2D eigenvalue weighted by Gasteiger charge is -2.11. The summed E-state index contributed by atoms with van der Waals surface area (Å²) in [6.07, 6.45) is 2.40. The van der Waals surface area contributed by atoms with Crippen LogP contribution in [0, 0.1) is 5.82 Å². The van der Waals surface area contributed by atoms with Gasteiger partial charge in [0.15, 0.2) is 0 Å². The van der Waals surface area contributed by atoms with Gasteiger partial charge in [-0.15, -0.1) is 0 Å². The third-order valence-electron chi connectivity index (χ3n) is 2.69. The number of anilines is 1. The number of nitrogens with zero attached hydrogens (tertiary/aromatic N) is 3. The molecule has 0 fully saturated rings. The van der Waals surface area contributed by atoms with Crippen LogP contribution in [0.1, 0.15) is 6.42 Å². The number of hydrogen-bond donors (Lipinski definition) is 1. The Morgan fingerprint density at radius 3 is 2.89 bits per heavy atom. The zero-order valence-electron chi connectivity index (χ0n) is 10.7. The van der Waals surface area contributed by atoms with Gasteiger partial charge in [0, 0.05) is 11.9 Å². The third kappa shape index (κ3) is 2.92. The Labute approximate surface area is 106 Å². The van der Waals surface area contributed by atoms with Gasteiger partial charge in [0.05, 0.1) is 0 Å². The second kappa shape index (κ2) is 5.73. The molecule has 2 aromatic rings. The standard InChI is InChI=1S/C13H17FN4/c1-18(2)8-4-7-15-13-10-5-3-6-11(14)12(10)16-9-17-13/h3,5-6,9H,4,7-8H2,1-2H3,(H,15,16,17). The highest BCUT2D eigenvalue weighted by Gasteiger charge is 2.06. The van der Waals surface area contributed by atoms with Gasteiger partial charge in [-0.3, -0.25) is 0 Å². The van der Waals surface area contributed by atoms with Crippen molar-refractivity contribution in [2.24, 2.45) is 0 Å². The zero-order chi connectivity index (χ0) is 13.0. The summed E-state index contributed by atoms with van der Waals surface area (Å²) in [4.78, 5) is 10.3. The lowest BCUT2D eigenvalue weighted by molar-refractivity contribution is 0.405. The van der Waals surface area contributed by atoms with Crippen LogP contribution in [0.4, 0.5) is 10.2 Å². The molecule has 0 amide bonds. The number of halogens is 1. The van der Waals surface area contributed by atoms with E-state index in [2.05, 4.69) is 20.2 Å². The normalized spacial score (nSPS) is 11.1. The summed E-state index contributed by atoms with van der Waals surface area (Å²) in [5.41, 5.74) is 0.364. The van der Waals surface area contributed by atoms with Crippen LogP contribution >= 0.6 is 0 Å². The van der Waals surface area contributed by atoms with Crippen LogP contribution in [0.15, 0.2) is 24.5 Å². The molecule has 2 rings (SSSR count). The van der Waals surface area contributed by atoms with Crippen molar-refractivity contribution in [3.63, 3.8) is 0 Å². The first-order valence-corrected chi connectivity index (χ1v) is 5.96. The Morgan fingerprint density at radius 2 is 2.11 bits per heavy atom. The van der Waals surface area contributed by atoms with E-state index in [1.807, 2.05) is 20.2 Å². The SMILES string of the molecule is CN(C)CCCNc1ncnc2c(F)cccc12. The summed E-state index contributed by atoms with van der Waals surface area (Å²) in [7, 11) is 4.07. The minimum atomic E-state index is -0.314. The summed E-state index contributed by atoms with van der Waals surface area (Å²) in [5.74, 6) is 0.379. The molecule has 0 atom stereocenters. The van der Waals surface area contributed by atoms with Gasteiger partial charge in [-0.25, -0.2) is 14.4 Å². The molecular formula is C13H17FN4. The molecule has 0 saturated carbocycles. The van der Waals surface area contributed by atoms with E-state index in [-0.39, 0.29) is 5.82 Å². The van der Waals surface area contributed by atoms with E-state index in [0.29, 0.717) is 11.3 Å². The summed E-state index contributed by atoms with van der Waals surface area (Å²) in [6, 6.07) is 4.91. The molecule has 1 heterocycles. The van der Waals surface area contributed by atoms with Crippen LogP contribution in [0.5, 0.6) is 0 Å². The molecule has 0 aliphatic heterocycles. The quantitative estimate of drug-likeness (QED) is 0.823. The highest BCUT2D eigenvalue weighted by Crippen LogP contribution is 2.20. The van der Waals surface area contributed by atoms with E-state index in [4.69, 9.17) is 0 Å². The fraction of sp³-hybridized carbons (Fsp3) is 0.385. The third-order valence-corrected chi connectivity index (χ3v) is 2.69. The molecule has 0 unspecified atom stereocenters. The highest BCUT2D eigenvalue weighted by atomic mass is 19.1. The molecule has 0 aliphatic rings. The average molecular weight is 248 g/mol. The molecule has 0 saturated heterocycles. The second-order valence-corrected chi connectivity index (χ2v) is 4.44. The van der Waals surface area contributed by atoms with Crippen molar-refractivity contribution < 1.29 is 4.39 Å². The topological polar surface area (TPSA) is 41.0 Å². The van der Waals surface area contributed by atoms with E-state index in [9.17, 15) is 4.39 Å². The fourth-order valence-corrected chi connectivity index (χ4v) is 1.79. The lowest BCUT2D eigenvalue weighted by Crippen LogP contribution is -2.16. The van der Waals surface area contributed by atoms with Crippen LogP contribution in [0.2, 0.25) is 0 Å². The molecule has 18 heavy (non-hydrogen) atoms. The van der Waals surface area contributed by atoms with Crippen LogP contribution in [-0.2, 0) is 0 Å². The van der Waals surface area contributed by atoms with Crippen LogP contribution in [0.3, 0.4) is 0 Å². The molecular weight excluding hydrogens is 231 g/mol. The van der Waals surface area contributed by atoms with Gasteiger partial charge < -0.3 is 10.2 Å². The van der Waals surface area contributed by atoms with Crippen molar-refractivity contribution in [2.45, 2.75) is 6.42 Å². The van der Waals surface area contributed by atoms with Crippen LogP contribution in [-0.4, -0.2) is 42.1 Å². The minimum Gasteiger partial charge on any atom is -0.369 e. The van der Waals surface area contributed by atoms with Crippen LogP contribution in [0.25, 0.3) is 10.9 Å². The second-order valence-electron chi connectivity index (χ2n) is 4.44. The van der Waals surface area contributed by atoms with Crippen LogP contribution < -0.4 is 5.32 Å². The van der Waals surface area contributed by atoms with Gasteiger partial charge in [-0.1, -0.05) is 6.07 Å². The molecule has 0 spiro atoms. The lowest BCUT2D eigenvalue weighted by atomic mass is 10.2. The van der Waals surface area contributed by atoms with Crippen molar-refractivity contribution >= 4 is 16.7 Å². The van der Waals surface area contributed by atoms with Gasteiger partial charge in [0.25, 0.3) is 0 Å². The highest BCUT2D eigenvalue weighted by molar-refractivity contribution is 5.89. The Morgan fingerprint density at radius 1 is 1.28 bits per heavy atom. The zero-order valence-corrected chi connectivity index (χ0v) is 10.7. The first-order valence-electron chi connectivity index (χ1n) is 5.96. The molecule has 4 nitrogen and oxygen atoms in total. The predicted molar refractivity (Wildman–Crippen MR) is 71.2 cm³/mol. The van der Waals surface area contributed by atoms with Gasteiger partial charge in [0.1, 0.15) is 23.5 Å². The number of hydrogen-bond acceptors (Lipinski definition) is 4. The molecule has 1 aromatic heterocycles. The van der Waals surface area contributed by atoms with Gasteiger partial charge in [0.2, 0.25) is 0 Å². The Balaban J connectivity index is 2.11. The number of fused-ring (bicyclic) bond motifs is 1. The van der Waals surface area contributed by atoms with E-state index in [1.165, 1.54) is 12.4 Å². The van der Waals surface area contributed by atoms with Crippen molar-refractivity contribution in [1.29, 1.82) is 0 Å². The number of nitrogens with one attached hydrogen (secondary N) is 1. The molecule has 0 radical (unpaired) electrons. The molecule has 0 bridgehead atoms. The number of rotatable bonds is 5. The van der Waals surface area contributed by atoms with Gasteiger partial charge in [-0.05, 0) is 39.2 Å². The first kappa shape index (κ1) is 12.7. The molecule has 1 aromatic carbocycles. The summed E-state index contributed by atoms with van der Waals surface area (Å²) >= 11 is 0. The van der Waals surface area contributed by atoms with E-state index in [0.717, 1.165) is 24.9 Å². The largest absolute Gasteiger partial charge is 0.369 e. The summed E-state index contributed by atoms with van der Waals surface area (Å²) < 4.78 is 13.5. The smallest absolute Gasteiger partial charge is 0.149 e. The Kier molecular flexibility index (Phi) is 4.04. The Hall–Kier alpha value is -1.75. The predicted octanol–water partition coefficient (Wildman–Crippen LogP) is 2.13. The summed E-state index contributed by atoms with van der Waals surface area (Å²) in [5, 5.41) is 3.95. The Bertz CT molecular complexity index is 527. The number of aromatic nitrogens is 2. The van der Waals surface area contributed by atoms with E-state index >= 15 is 0 Å². The molecule has 5 heteroatoms. The van der Waals surface area contributed by atoms with Gasteiger partial charge >= 0.3 is 0 Å². The molecule has 96 valence electrons. The molecule has 1 N–H and O–H groups in total. The number of benzene rings is 1. The maximum atomic E-state index is 13.5. The molecule has 0 aliphatic carbocycles. The minimum absolute atomic E-state index is 0.314. The number of para-hydroxylation sites is 1. The van der Waals surface area contributed by atoms with Crippen molar-refractivity contribution in [3.8, 4) is 0 Å². The van der Waals surface area contributed by atoms with Crippen molar-refractivity contribution in [1.82, 2.24) is 14.9 Å². The van der Waals surface area contributed by atoms with Gasteiger partial charge in [-0.2, -0.15) is 0 Å². The van der Waals surface area contributed by atoms with Crippen molar-refractivity contribution in [2.75, 3.05) is 32.5 Å². The fourth-order valence-electron chi connectivity index (χ4n) is 1.79. The first-order chi connectivity index (χ1) is 8.68. The maximum absolute atomic E-state index is 13.5. The maximum Gasteiger partial charge on any atom is 0.149 e. The van der Waals surface area contributed by atoms with Crippen molar-refractivity contribution in [3.05, 3.63) is 30.3 Å². The van der Waals surface area contributed by atoms with E-state index in [1.54, 1.807) is 6.07 Å². The average Bonchev–Trinajstić information content (AvgIpc) is 2.35. The summed E-state index contributed by atoms with van der Waals surface area (Å²) in [6.45, 7) is 1.81.